The first-order chi connectivity index (χ1) is 3.80. The van der Waals surface area contributed by atoms with Crippen LogP contribution in [0.2, 0.25) is 0 Å². The highest BCUT2D eigenvalue weighted by Crippen LogP contribution is 2.03. The zero-order valence-corrected chi connectivity index (χ0v) is 7.00. The fourth-order valence-electron chi connectivity index (χ4n) is 0.895. The third-order valence-corrected chi connectivity index (χ3v) is 1.36. The van der Waals surface area contributed by atoms with Crippen LogP contribution in [0.1, 0.15) is 12.8 Å². The minimum absolute atomic E-state index is 0. The molecule has 0 radical (unpaired) electrons. The van der Waals surface area contributed by atoms with E-state index in [0.717, 1.165) is 19.4 Å². The molecule has 0 aromatic rings. The van der Waals surface area contributed by atoms with Crippen LogP contribution in [0.3, 0.4) is 0 Å². The Morgan fingerprint density at radius 2 is 2.10 bits per heavy atom. The molecule has 2 N–H and O–H groups in total. The quantitative estimate of drug-likeness (QED) is 0.635. The van der Waals surface area contributed by atoms with Crippen LogP contribution < -0.4 is 5.32 Å². The van der Waals surface area contributed by atoms with Crippen molar-refractivity contribution >= 4 is 30.8 Å². The zero-order chi connectivity index (χ0) is 5.98. The molecule has 1 atom stereocenters. The van der Waals surface area contributed by atoms with Crippen LogP contribution in [-0.2, 0) is 4.79 Å². The second-order valence-corrected chi connectivity index (χ2v) is 1.99. The lowest BCUT2D eigenvalue weighted by molar-refractivity contribution is -0.139. The third-order valence-electron chi connectivity index (χ3n) is 1.36. The summed E-state index contributed by atoms with van der Waals surface area (Å²) >= 11 is 0. The van der Waals surface area contributed by atoms with Gasteiger partial charge >= 0.3 is 5.97 Å². The molecule has 10 heavy (non-hydrogen) atoms. The van der Waals surface area contributed by atoms with Gasteiger partial charge in [0.25, 0.3) is 0 Å². The predicted octanol–water partition coefficient (Wildman–Crippen LogP) is 0.667. The third kappa shape index (κ3) is 3.25. The number of hydrogen-bond donors (Lipinski definition) is 2. The Labute approximate surface area is 72.0 Å². The fraction of sp³-hybridized carbons (Fsp3) is 0.800. The van der Waals surface area contributed by atoms with Gasteiger partial charge in [-0.05, 0) is 19.4 Å². The van der Waals surface area contributed by atoms with Crippen molar-refractivity contribution in [1.29, 1.82) is 0 Å². The topological polar surface area (TPSA) is 49.3 Å². The van der Waals surface area contributed by atoms with E-state index in [2.05, 4.69) is 5.32 Å². The Morgan fingerprint density at radius 1 is 1.50 bits per heavy atom. The highest BCUT2D eigenvalue weighted by atomic mass is 35.5. The molecule has 1 heterocycles. The van der Waals surface area contributed by atoms with Crippen molar-refractivity contribution in [2.24, 2.45) is 0 Å². The average Bonchev–Trinajstić information content (AvgIpc) is 2.12. The minimum Gasteiger partial charge on any atom is -0.480 e. The van der Waals surface area contributed by atoms with Crippen LogP contribution in [0.4, 0.5) is 0 Å². The molecule has 1 aliphatic rings. The summed E-state index contributed by atoms with van der Waals surface area (Å²) in [5.74, 6) is -0.720. The molecule has 1 saturated heterocycles. The lowest BCUT2D eigenvalue weighted by Crippen LogP contribution is -2.29. The molecule has 1 fully saturated rings. The van der Waals surface area contributed by atoms with Gasteiger partial charge < -0.3 is 10.4 Å². The van der Waals surface area contributed by atoms with E-state index in [1.165, 1.54) is 0 Å². The van der Waals surface area contributed by atoms with E-state index in [9.17, 15) is 4.79 Å². The number of carboxylic acids is 1. The number of hydrogen-bond acceptors (Lipinski definition) is 2. The molecule has 1 rings (SSSR count). The van der Waals surface area contributed by atoms with Gasteiger partial charge in [0, 0.05) is 0 Å². The number of aliphatic carboxylic acids is 1. The molecular formula is C5H11Cl2NO2. The van der Waals surface area contributed by atoms with Gasteiger partial charge in [0.1, 0.15) is 6.04 Å². The van der Waals surface area contributed by atoms with Crippen LogP contribution in [0.25, 0.3) is 0 Å². The Hall–Kier alpha value is 0.01000. The summed E-state index contributed by atoms with van der Waals surface area (Å²) in [4.78, 5) is 10.1. The first-order valence-electron chi connectivity index (χ1n) is 2.77. The number of nitrogens with one attached hydrogen (secondary N) is 1. The van der Waals surface area contributed by atoms with Crippen LogP contribution in [0, 0.1) is 0 Å². The Bertz CT molecular complexity index is 104. The molecule has 62 valence electrons. The van der Waals surface area contributed by atoms with E-state index in [4.69, 9.17) is 5.11 Å². The molecule has 0 saturated carbocycles. The van der Waals surface area contributed by atoms with E-state index in [-0.39, 0.29) is 30.9 Å². The van der Waals surface area contributed by atoms with Crippen LogP contribution in [0.5, 0.6) is 0 Å². The highest BCUT2D eigenvalue weighted by molar-refractivity contribution is 5.85. The van der Waals surface area contributed by atoms with Gasteiger partial charge in [-0.3, -0.25) is 4.79 Å². The van der Waals surface area contributed by atoms with E-state index >= 15 is 0 Å². The van der Waals surface area contributed by atoms with E-state index in [1.54, 1.807) is 0 Å². The standard InChI is InChI=1S/C5H9NO2.2ClH/c7-5(8)4-2-1-3-6-4;;/h4,6H,1-3H2,(H,7,8);2*1H/t4-;;/m0../s1. The van der Waals surface area contributed by atoms with E-state index < -0.39 is 5.97 Å². The SMILES string of the molecule is Cl.Cl.O=C(O)[C@@H]1CCCN1. The molecule has 0 amide bonds. The van der Waals surface area contributed by atoms with Gasteiger partial charge in [-0.1, -0.05) is 0 Å². The molecule has 0 aromatic carbocycles. The predicted molar refractivity (Wildman–Crippen MR) is 43.2 cm³/mol. The molecule has 0 aliphatic carbocycles. The lowest BCUT2D eigenvalue weighted by Gasteiger charge is -1.99. The van der Waals surface area contributed by atoms with Gasteiger partial charge in [0.15, 0.2) is 0 Å². The number of halogens is 2. The summed E-state index contributed by atoms with van der Waals surface area (Å²) in [7, 11) is 0. The van der Waals surface area contributed by atoms with Crippen molar-refractivity contribution in [3.8, 4) is 0 Å². The molecule has 0 spiro atoms. The Kier molecular flexibility index (Phi) is 7.31. The lowest BCUT2D eigenvalue weighted by atomic mass is 10.2. The maximum Gasteiger partial charge on any atom is 0.320 e. The monoisotopic (exact) mass is 187 g/mol. The molecular weight excluding hydrogens is 177 g/mol. The van der Waals surface area contributed by atoms with Crippen LogP contribution >= 0.6 is 24.8 Å². The largest absolute Gasteiger partial charge is 0.480 e. The number of carbonyl (C=O) groups is 1. The zero-order valence-electron chi connectivity index (χ0n) is 5.37. The number of carboxylic acid groups (broad SMARTS) is 1. The highest BCUT2D eigenvalue weighted by Gasteiger charge is 2.20. The maximum atomic E-state index is 10.1. The van der Waals surface area contributed by atoms with Crippen molar-refractivity contribution < 1.29 is 9.90 Å². The van der Waals surface area contributed by atoms with Crippen molar-refractivity contribution in [1.82, 2.24) is 5.32 Å². The summed E-state index contributed by atoms with van der Waals surface area (Å²) in [5, 5.41) is 11.2. The van der Waals surface area contributed by atoms with Crippen LogP contribution in [0.15, 0.2) is 0 Å². The average molecular weight is 188 g/mol. The van der Waals surface area contributed by atoms with Crippen LogP contribution in [-0.4, -0.2) is 23.7 Å². The number of rotatable bonds is 1. The van der Waals surface area contributed by atoms with Gasteiger partial charge in [0.2, 0.25) is 0 Å². The fourth-order valence-corrected chi connectivity index (χ4v) is 0.895. The summed E-state index contributed by atoms with van der Waals surface area (Å²) < 4.78 is 0. The minimum atomic E-state index is -0.720. The van der Waals surface area contributed by atoms with Crippen molar-refractivity contribution in [2.75, 3.05) is 6.54 Å². The van der Waals surface area contributed by atoms with Gasteiger partial charge in [-0.15, -0.1) is 24.8 Å². The molecule has 0 aromatic heterocycles. The molecule has 5 heteroatoms. The Balaban J connectivity index is 0. The molecule has 0 bridgehead atoms. The first-order valence-corrected chi connectivity index (χ1v) is 2.77. The first kappa shape index (κ1) is 12.7. The van der Waals surface area contributed by atoms with Gasteiger partial charge in [-0.25, -0.2) is 0 Å². The summed E-state index contributed by atoms with van der Waals surface area (Å²) in [6.45, 7) is 0.858. The molecule has 0 unspecified atom stereocenters. The maximum absolute atomic E-state index is 10.1. The van der Waals surface area contributed by atoms with Crippen molar-refractivity contribution in [3.05, 3.63) is 0 Å². The van der Waals surface area contributed by atoms with Crippen molar-refractivity contribution in [2.45, 2.75) is 18.9 Å². The van der Waals surface area contributed by atoms with Gasteiger partial charge in [0.05, 0.1) is 0 Å². The summed E-state index contributed by atoms with van der Waals surface area (Å²) in [6.07, 6.45) is 1.78. The molecule has 3 nitrogen and oxygen atoms in total. The van der Waals surface area contributed by atoms with Crippen molar-refractivity contribution in [3.63, 3.8) is 0 Å². The smallest absolute Gasteiger partial charge is 0.320 e. The second kappa shape index (κ2) is 5.77. The summed E-state index contributed by atoms with van der Waals surface area (Å²) in [6, 6.07) is -0.269. The normalized spacial score (nSPS) is 22.6. The Morgan fingerprint density at radius 3 is 2.30 bits per heavy atom. The second-order valence-electron chi connectivity index (χ2n) is 1.99. The van der Waals surface area contributed by atoms with Gasteiger partial charge in [-0.2, -0.15) is 0 Å². The van der Waals surface area contributed by atoms with E-state index in [1.807, 2.05) is 0 Å². The van der Waals surface area contributed by atoms with E-state index in [0.29, 0.717) is 0 Å². The molecule has 1 aliphatic heterocycles. The summed E-state index contributed by atoms with van der Waals surface area (Å²) in [5.41, 5.74) is 0.